The Morgan fingerprint density at radius 1 is 1.09 bits per heavy atom. The van der Waals surface area contributed by atoms with Crippen molar-refractivity contribution in [2.24, 2.45) is 5.92 Å². The summed E-state index contributed by atoms with van der Waals surface area (Å²) < 4.78 is 32.2. The van der Waals surface area contributed by atoms with Crippen molar-refractivity contribution >= 4 is 44.8 Å². The van der Waals surface area contributed by atoms with E-state index in [0.717, 1.165) is 0 Å². The fourth-order valence-corrected chi connectivity index (χ4v) is 6.17. The van der Waals surface area contributed by atoms with Crippen LogP contribution in [0.15, 0.2) is 30.3 Å². The van der Waals surface area contributed by atoms with Crippen LogP contribution in [0.5, 0.6) is 11.5 Å². The van der Waals surface area contributed by atoms with E-state index in [4.69, 9.17) is 27.9 Å². The van der Waals surface area contributed by atoms with Crippen LogP contribution in [-0.4, -0.2) is 37.0 Å². The van der Waals surface area contributed by atoms with Crippen molar-refractivity contribution in [2.45, 2.75) is 65.0 Å². The number of halogens is 2. The van der Waals surface area contributed by atoms with E-state index < -0.39 is 15.3 Å². The monoisotopic (exact) mass is 540 g/mol. The number of hydrogen-bond acceptors (Lipinski definition) is 4. The molecule has 0 unspecified atom stereocenters. The zero-order chi connectivity index (χ0) is 25.9. The number of piperidine rings is 1. The molecule has 6 nitrogen and oxygen atoms in total. The fourth-order valence-electron chi connectivity index (χ4n) is 4.29. The van der Waals surface area contributed by atoms with Gasteiger partial charge in [0.15, 0.2) is 5.75 Å². The van der Waals surface area contributed by atoms with Gasteiger partial charge in [0, 0.05) is 25.2 Å². The number of rotatable bonds is 8. The van der Waals surface area contributed by atoms with Gasteiger partial charge in [-0.2, -0.15) is 0 Å². The number of carbonyl (C=O) groups excluding carboxylic acids is 1. The molecular formula is C26H34Cl2N2O4S. The van der Waals surface area contributed by atoms with Crippen molar-refractivity contribution in [1.29, 1.82) is 0 Å². The van der Waals surface area contributed by atoms with Gasteiger partial charge in [-0.15, -0.1) is 0 Å². The van der Waals surface area contributed by atoms with E-state index in [1.165, 1.54) is 15.4 Å². The van der Waals surface area contributed by atoms with Crippen LogP contribution >= 0.6 is 23.2 Å². The standard InChI is InChI=1S/C26H34Cl2N2O4S/c1-16(2)22-15-21(7-6-18(22)5)34-26-23(27)13-20(14-24(26)28)29-25(31)12-19-8-10-30(11-9-19)35(32,33)17(3)4/h6-7,13-17,19H,8-12H2,1-5H3,(H,29,31). The molecule has 0 aromatic heterocycles. The minimum atomic E-state index is -3.25. The second kappa shape index (κ2) is 11.5. The quantitative estimate of drug-likeness (QED) is 0.391. The maximum atomic E-state index is 12.6. The lowest BCUT2D eigenvalue weighted by molar-refractivity contribution is -0.117. The molecular weight excluding hydrogens is 507 g/mol. The zero-order valence-electron chi connectivity index (χ0n) is 20.9. The minimum absolute atomic E-state index is 0.124. The molecule has 9 heteroatoms. The summed E-state index contributed by atoms with van der Waals surface area (Å²) in [6, 6.07) is 9.11. The molecule has 1 saturated heterocycles. The summed E-state index contributed by atoms with van der Waals surface area (Å²) in [5.41, 5.74) is 2.87. The summed E-state index contributed by atoms with van der Waals surface area (Å²) >= 11 is 12.9. The number of hydrogen-bond donors (Lipinski definition) is 1. The lowest BCUT2D eigenvalue weighted by atomic mass is 9.94. The second-order valence-electron chi connectivity index (χ2n) is 9.73. The summed E-state index contributed by atoms with van der Waals surface area (Å²) in [6.45, 7) is 10.6. The van der Waals surface area contributed by atoms with Gasteiger partial charge in [-0.05, 0) is 80.8 Å². The number of carbonyl (C=O) groups is 1. The zero-order valence-corrected chi connectivity index (χ0v) is 23.2. The van der Waals surface area contributed by atoms with Crippen LogP contribution in [-0.2, 0) is 14.8 Å². The van der Waals surface area contributed by atoms with Gasteiger partial charge in [0.1, 0.15) is 5.75 Å². The van der Waals surface area contributed by atoms with E-state index in [0.29, 0.717) is 65.5 Å². The number of nitrogens with zero attached hydrogens (tertiary/aromatic N) is 1. The summed E-state index contributed by atoms with van der Waals surface area (Å²) in [7, 11) is -3.25. The maximum absolute atomic E-state index is 12.6. The molecule has 0 radical (unpaired) electrons. The van der Waals surface area contributed by atoms with Crippen molar-refractivity contribution in [3.63, 3.8) is 0 Å². The van der Waals surface area contributed by atoms with Crippen LogP contribution in [0.2, 0.25) is 10.0 Å². The molecule has 3 rings (SSSR count). The van der Waals surface area contributed by atoms with E-state index in [9.17, 15) is 13.2 Å². The van der Waals surface area contributed by atoms with Gasteiger partial charge in [-0.3, -0.25) is 4.79 Å². The van der Waals surface area contributed by atoms with Crippen LogP contribution in [0.25, 0.3) is 0 Å². The molecule has 0 atom stereocenters. The van der Waals surface area contributed by atoms with Crippen LogP contribution in [0.3, 0.4) is 0 Å². The van der Waals surface area contributed by atoms with Crippen molar-refractivity contribution in [3.05, 3.63) is 51.5 Å². The lowest BCUT2D eigenvalue weighted by Gasteiger charge is -2.32. The lowest BCUT2D eigenvalue weighted by Crippen LogP contribution is -2.42. The van der Waals surface area contributed by atoms with Crippen molar-refractivity contribution in [1.82, 2.24) is 4.31 Å². The van der Waals surface area contributed by atoms with Gasteiger partial charge in [0.25, 0.3) is 0 Å². The molecule has 1 aliphatic heterocycles. The smallest absolute Gasteiger partial charge is 0.224 e. The first kappa shape index (κ1) is 27.8. The highest BCUT2D eigenvalue weighted by Crippen LogP contribution is 2.40. The fraction of sp³-hybridized carbons (Fsp3) is 0.500. The molecule has 2 aromatic rings. The van der Waals surface area contributed by atoms with Crippen LogP contribution in [0.1, 0.15) is 64.0 Å². The van der Waals surface area contributed by atoms with Gasteiger partial charge < -0.3 is 10.1 Å². The summed E-state index contributed by atoms with van der Waals surface area (Å²) in [5.74, 6) is 1.30. The predicted molar refractivity (Wildman–Crippen MR) is 143 cm³/mol. The van der Waals surface area contributed by atoms with Gasteiger partial charge in [0.05, 0.1) is 15.3 Å². The van der Waals surface area contributed by atoms with E-state index in [1.54, 1.807) is 26.0 Å². The molecule has 1 amide bonds. The number of ether oxygens (including phenoxy) is 1. The Morgan fingerprint density at radius 3 is 2.23 bits per heavy atom. The Morgan fingerprint density at radius 2 is 1.69 bits per heavy atom. The van der Waals surface area contributed by atoms with Crippen LogP contribution in [0.4, 0.5) is 5.69 Å². The Balaban J connectivity index is 1.61. The molecule has 35 heavy (non-hydrogen) atoms. The first-order chi connectivity index (χ1) is 16.4. The maximum Gasteiger partial charge on any atom is 0.224 e. The van der Waals surface area contributed by atoms with Crippen LogP contribution in [0, 0.1) is 12.8 Å². The number of anilines is 1. The summed E-state index contributed by atoms with van der Waals surface area (Å²) in [4.78, 5) is 12.6. The number of amides is 1. The Hall–Kier alpha value is -1.80. The Kier molecular flexibility index (Phi) is 9.13. The first-order valence-electron chi connectivity index (χ1n) is 11.9. The van der Waals surface area contributed by atoms with Gasteiger partial charge in [-0.25, -0.2) is 12.7 Å². The Bertz CT molecular complexity index is 1150. The SMILES string of the molecule is Cc1ccc(Oc2c(Cl)cc(NC(=O)CC3CCN(S(=O)(=O)C(C)C)CC3)cc2Cl)cc1C(C)C. The molecule has 0 aliphatic carbocycles. The number of benzene rings is 2. The highest BCUT2D eigenvalue weighted by molar-refractivity contribution is 7.89. The molecule has 1 aliphatic rings. The molecule has 2 aromatic carbocycles. The van der Waals surface area contributed by atoms with Gasteiger partial charge >= 0.3 is 0 Å². The molecule has 0 spiro atoms. The van der Waals surface area contributed by atoms with E-state index in [-0.39, 0.29) is 11.8 Å². The normalized spacial score (nSPS) is 15.6. The van der Waals surface area contributed by atoms with Crippen molar-refractivity contribution < 1.29 is 17.9 Å². The highest BCUT2D eigenvalue weighted by Gasteiger charge is 2.30. The predicted octanol–water partition coefficient (Wildman–Crippen LogP) is 7.00. The number of nitrogens with one attached hydrogen (secondary N) is 1. The third-order valence-electron chi connectivity index (χ3n) is 6.38. The molecule has 1 fully saturated rings. The highest BCUT2D eigenvalue weighted by atomic mass is 35.5. The molecule has 192 valence electrons. The molecule has 1 N–H and O–H groups in total. The van der Waals surface area contributed by atoms with Crippen LogP contribution < -0.4 is 10.1 Å². The van der Waals surface area contributed by atoms with E-state index >= 15 is 0 Å². The van der Waals surface area contributed by atoms with Gasteiger partial charge in [0.2, 0.25) is 15.9 Å². The summed E-state index contributed by atoms with van der Waals surface area (Å²) in [6.07, 6.45) is 1.62. The topological polar surface area (TPSA) is 75.7 Å². The van der Waals surface area contributed by atoms with E-state index in [1.807, 2.05) is 18.2 Å². The van der Waals surface area contributed by atoms with Crippen molar-refractivity contribution in [3.8, 4) is 11.5 Å². The van der Waals surface area contributed by atoms with E-state index in [2.05, 4.69) is 26.1 Å². The third kappa shape index (κ3) is 6.91. The average Bonchev–Trinajstić information content (AvgIpc) is 2.77. The molecule has 0 bridgehead atoms. The number of aryl methyl sites for hydroxylation is 1. The van der Waals surface area contributed by atoms with Crippen molar-refractivity contribution in [2.75, 3.05) is 18.4 Å². The summed E-state index contributed by atoms with van der Waals surface area (Å²) in [5, 5.41) is 3.02. The van der Waals surface area contributed by atoms with Gasteiger partial charge in [-0.1, -0.05) is 43.1 Å². The Labute approximate surface area is 219 Å². The molecule has 0 saturated carbocycles. The number of sulfonamides is 1. The molecule has 1 heterocycles. The second-order valence-corrected chi connectivity index (χ2v) is 13.0. The third-order valence-corrected chi connectivity index (χ3v) is 9.22. The average molecular weight is 542 g/mol. The minimum Gasteiger partial charge on any atom is -0.454 e. The first-order valence-corrected chi connectivity index (χ1v) is 14.2. The largest absolute Gasteiger partial charge is 0.454 e.